The highest BCUT2D eigenvalue weighted by Crippen LogP contribution is 2.35. The first-order valence-electron chi connectivity index (χ1n) is 8.35. The van der Waals surface area contributed by atoms with Crippen LogP contribution in [0.2, 0.25) is 0 Å². The molecule has 0 spiro atoms. The highest BCUT2D eigenvalue weighted by atomic mass is 32.2. The Hall–Kier alpha value is -2.63. The average molecular weight is 371 g/mol. The van der Waals surface area contributed by atoms with Crippen molar-refractivity contribution in [2.75, 3.05) is 19.7 Å². The molecule has 1 saturated heterocycles. The molecule has 1 aromatic heterocycles. The van der Waals surface area contributed by atoms with Gasteiger partial charge in [0.1, 0.15) is 22.8 Å². The Morgan fingerprint density at radius 3 is 2.96 bits per heavy atom. The molecule has 1 aromatic carbocycles. The van der Waals surface area contributed by atoms with Gasteiger partial charge in [-0.3, -0.25) is 0 Å². The number of pyridine rings is 1. The number of nitrogens with zero attached hydrogens (tertiary/aromatic N) is 3. The molecule has 0 N–H and O–H groups in total. The highest BCUT2D eigenvalue weighted by Gasteiger charge is 2.36. The number of ether oxygens (including phenoxy) is 2. The second-order valence-electron chi connectivity index (χ2n) is 6.23. The Morgan fingerprint density at radius 1 is 1.31 bits per heavy atom. The van der Waals surface area contributed by atoms with E-state index in [1.54, 1.807) is 24.3 Å². The maximum Gasteiger partial charge on any atom is 0.246 e. The summed E-state index contributed by atoms with van der Waals surface area (Å²) >= 11 is 0. The highest BCUT2D eigenvalue weighted by molar-refractivity contribution is 7.89. The predicted molar refractivity (Wildman–Crippen MR) is 92.4 cm³/mol. The van der Waals surface area contributed by atoms with Crippen molar-refractivity contribution < 1.29 is 17.9 Å². The summed E-state index contributed by atoms with van der Waals surface area (Å²) < 4.78 is 38.8. The number of hydrogen-bond acceptors (Lipinski definition) is 6. The van der Waals surface area contributed by atoms with Crippen molar-refractivity contribution >= 4 is 10.0 Å². The van der Waals surface area contributed by atoms with E-state index in [1.165, 1.54) is 10.5 Å². The van der Waals surface area contributed by atoms with E-state index >= 15 is 0 Å². The summed E-state index contributed by atoms with van der Waals surface area (Å²) in [5.74, 6) is 0.864. The van der Waals surface area contributed by atoms with Crippen LogP contribution in [0, 0.1) is 11.3 Å². The summed E-state index contributed by atoms with van der Waals surface area (Å²) in [6, 6.07) is 10.5. The Morgan fingerprint density at radius 2 is 2.19 bits per heavy atom. The number of aromatic nitrogens is 1. The summed E-state index contributed by atoms with van der Waals surface area (Å²) in [5.41, 5.74) is 1.38. The first kappa shape index (κ1) is 16.8. The molecule has 4 rings (SSSR count). The van der Waals surface area contributed by atoms with Crippen molar-refractivity contribution in [1.29, 1.82) is 5.26 Å². The van der Waals surface area contributed by atoms with E-state index in [0.717, 1.165) is 12.0 Å². The minimum absolute atomic E-state index is 0.227. The molecule has 2 aliphatic heterocycles. The standard InChI is InChI=1S/C18H17N3O4S/c19-10-13-4-5-17(20-11-13)25-15-6-8-21(12-15)26(22,23)16-3-1-2-14-7-9-24-18(14)16/h1-5,11,15H,6-9,12H2/t15-/m1/s1. The third kappa shape index (κ3) is 3.00. The summed E-state index contributed by atoms with van der Waals surface area (Å²) in [6.45, 7) is 1.15. The molecular formula is C18H17N3O4S. The van der Waals surface area contributed by atoms with Crippen molar-refractivity contribution in [2.45, 2.75) is 23.8 Å². The average Bonchev–Trinajstić information content (AvgIpc) is 3.31. The number of para-hydroxylation sites is 1. The van der Waals surface area contributed by atoms with Crippen LogP contribution in [0.4, 0.5) is 0 Å². The van der Waals surface area contributed by atoms with Gasteiger partial charge in [-0.25, -0.2) is 13.4 Å². The number of sulfonamides is 1. The second kappa shape index (κ2) is 6.59. The van der Waals surface area contributed by atoms with Crippen molar-refractivity contribution in [3.05, 3.63) is 47.7 Å². The van der Waals surface area contributed by atoms with Gasteiger partial charge in [-0.2, -0.15) is 9.57 Å². The van der Waals surface area contributed by atoms with Crippen LogP contribution in [-0.2, 0) is 16.4 Å². The molecule has 2 aromatic rings. The molecule has 1 fully saturated rings. The molecule has 0 bridgehead atoms. The van der Waals surface area contributed by atoms with Crippen LogP contribution >= 0.6 is 0 Å². The van der Waals surface area contributed by atoms with Crippen molar-refractivity contribution in [2.24, 2.45) is 0 Å². The summed E-state index contributed by atoms with van der Waals surface area (Å²) in [6.07, 6.45) is 2.47. The van der Waals surface area contributed by atoms with E-state index in [1.807, 2.05) is 12.1 Å². The van der Waals surface area contributed by atoms with Gasteiger partial charge in [0.25, 0.3) is 0 Å². The Bertz CT molecular complexity index is 967. The van der Waals surface area contributed by atoms with Gasteiger partial charge < -0.3 is 9.47 Å². The lowest BCUT2D eigenvalue weighted by Crippen LogP contribution is -2.31. The van der Waals surface area contributed by atoms with Gasteiger partial charge in [0, 0.05) is 25.2 Å². The van der Waals surface area contributed by atoms with E-state index in [4.69, 9.17) is 14.7 Å². The zero-order chi connectivity index (χ0) is 18.1. The number of fused-ring (bicyclic) bond motifs is 1. The van der Waals surface area contributed by atoms with Gasteiger partial charge in [-0.1, -0.05) is 12.1 Å². The SMILES string of the molecule is N#Cc1ccc(O[C@@H]2CCN(S(=O)(=O)c3cccc4c3OCC4)C2)nc1. The molecule has 8 heteroatoms. The smallest absolute Gasteiger partial charge is 0.246 e. The van der Waals surface area contributed by atoms with Gasteiger partial charge in [0.2, 0.25) is 15.9 Å². The van der Waals surface area contributed by atoms with Crippen molar-refractivity contribution in [1.82, 2.24) is 9.29 Å². The van der Waals surface area contributed by atoms with Gasteiger partial charge in [-0.05, 0) is 24.1 Å². The summed E-state index contributed by atoms with van der Waals surface area (Å²) in [5, 5.41) is 8.80. The Balaban J connectivity index is 1.49. The van der Waals surface area contributed by atoms with E-state index < -0.39 is 10.0 Å². The lowest BCUT2D eigenvalue weighted by Gasteiger charge is -2.18. The van der Waals surface area contributed by atoms with Crippen LogP contribution in [0.3, 0.4) is 0 Å². The molecule has 7 nitrogen and oxygen atoms in total. The fourth-order valence-electron chi connectivity index (χ4n) is 3.23. The maximum absolute atomic E-state index is 13.0. The normalized spacial score (nSPS) is 19.6. The second-order valence-corrected chi connectivity index (χ2v) is 8.14. The third-order valence-corrected chi connectivity index (χ3v) is 6.45. The van der Waals surface area contributed by atoms with Crippen LogP contribution in [0.5, 0.6) is 11.6 Å². The monoisotopic (exact) mass is 371 g/mol. The molecule has 26 heavy (non-hydrogen) atoms. The van der Waals surface area contributed by atoms with Crippen LogP contribution in [0.1, 0.15) is 17.5 Å². The number of rotatable bonds is 4. The fourth-order valence-corrected chi connectivity index (χ4v) is 4.89. The quantitative estimate of drug-likeness (QED) is 0.813. The molecule has 0 saturated carbocycles. The van der Waals surface area contributed by atoms with E-state index in [0.29, 0.717) is 36.8 Å². The number of benzene rings is 1. The molecule has 1 atom stereocenters. The fraction of sp³-hybridized carbons (Fsp3) is 0.333. The van der Waals surface area contributed by atoms with Crippen LogP contribution in [-0.4, -0.2) is 43.5 Å². The minimum Gasteiger partial charge on any atom is -0.492 e. The van der Waals surface area contributed by atoms with Crippen molar-refractivity contribution in [3.63, 3.8) is 0 Å². The molecule has 0 unspecified atom stereocenters. The zero-order valence-electron chi connectivity index (χ0n) is 14.0. The molecular weight excluding hydrogens is 354 g/mol. The largest absolute Gasteiger partial charge is 0.492 e. The van der Waals surface area contributed by atoms with Crippen molar-refractivity contribution in [3.8, 4) is 17.7 Å². The van der Waals surface area contributed by atoms with Crippen LogP contribution in [0.15, 0.2) is 41.4 Å². The lowest BCUT2D eigenvalue weighted by atomic mass is 10.2. The first-order chi connectivity index (χ1) is 12.6. The predicted octanol–water partition coefficient (Wildman–Crippen LogP) is 1.73. The summed E-state index contributed by atoms with van der Waals surface area (Å²) in [4.78, 5) is 4.30. The summed E-state index contributed by atoms with van der Waals surface area (Å²) in [7, 11) is -3.63. The topological polar surface area (TPSA) is 92.5 Å². The van der Waals surface area contributed by atoms with Crippen LogP contribution in [0.25, 0.3) is 0 Å². The minimum atomic E-state index is -3.63. The first-order valence-corrected chi connectivity index (χ1v) is 9.79. The van der Waals surface area contributed by atoms with E-state index in [9.17, 15) is 8.42 Å². The third-order valence-electron chi connectivity index (χ3n) is 4.56. The molecule has 2 aliphatic rings. The Kier molecular flexibility index (Phi) is 4.26. The lowest BCUT2D eigenvalue weighted by molar-refractivity contribution is 0.207. The molecule has 0 aliphatic carbocycles. The van der Waals surface area contributed by atoms with E-state index in [2.05, 4.69) is 4.98 Å². The maximum atomic E-state index is 13.0. The number of nitriles is 1. The molecule has 0 radical (unpaired) electrons. The number of hydrogen-bond donors (Lipinski definition) is 0. The van der Waals surface area contributed by atoms with E-state index in [-0.39, 0.29) is 17.5 Å². The van der Waals surface area contributed by atoms with Gasteiger partial charge in [0.05, 0.1) is 18.7 Å². The molecule has 0 amide bonds. The van der Waals surface area contributed by atoms with Gasteiger partial charge >= 0.3 is 0 Å². The van der Waals surface area contributed by atoms with Gasteiger partial charge in [0.15, 0.2) is 0 Å². The van der Waals surface area contributed by atoms with Crippen LogP contribution < -0.4 is 9.47 Å². The molecule has 3 heterocycles. The molecule has 134 valence electrons. The zero-order valence-corrected chi connectivity index (χ0v) is 14.8. The van der Waals surface area contributed by atoms with Gasteiger partial charge in [-0.15, -0.1) is 0 Å². The Labute approximate surface area is 151 Å².